The van der Waals surface area contributed by atoms with Crippen LogP contribution < -0.4 is 4.90 Å². The summed E-state index contributed by atoms with van der Waals surface area (Å²) in [5.74, 6) is 0.991. The standard InChI is InChI=1S/C9H13N3O/c1-8-9(11-3-2-10-8)12-4-6-13-7-5-12/h2-3H,4-7H2,1H3. The minimum atomic E-state index is 0.788. The number of aromatic nitrogens is 2. The van der Waals surface area contributed by atoms with Crippen LogP contribution in [0.3, 0.4) is 0 Å². The highest BCUT2D eigenvalue weighted by Gasteiger charge is 2.14. The number of morpholine rings is 1. The molecule has 0 radical (unpaired) electrons. The van der Waals surface area contributed by atoms with Crippen LogP contribution in [0.5, 0.6) is 0 Å². The van der Waals surface area contributed by atoms with Crippen LogP contribution in [0.4, 0.5) is 5.82 Å². The van der Waals surface area contributed by atoms with Crippen molar-refractivity contribution in [1.82, 2.24) is 9.97 Å². The second kappa shape index (κ2) is 3.70. The topological polar surface area (TPSA) is 38.2 Å². The lowest BCUT2D eigenvalue weighted by Gasteiger charge is -2.28. The summed E-state index contributed by atoms with van der Waals surface area (Å²) in [6.07, 6.45) is 3.46. The lowest BCUT2D eigenvalue weighted by atomic mass is 10.3. The van der Waals surface area contributed by atoms with Gasteiger partial charge in [-0.3, -0.25) is 4.98 Å². The maximum atomic E-state index is 5.27. The van der Waals surface area contributed by atoms with Crippen LogP contribution >= 0.6 is 0 Å². The van der Waals surface area contributed by atoms with Crippen LogP contribution in [-0.4, -0.2) is 36.3 Å². The smallest absolute Gasteiger partial charge is 0.150 e. The molecule has 1 aromatic rings. The van der Waals surface area contributed by atoms with E-state index >= 15 is 0 Å². The number of anilines is 1. The van der Waals surface area contributed by atoms with Crippen LogP contribution in [0, 0.1) is 6.92 Å². The molecule has 0 bridgehead atoms. The summed E-state index contributed by atoms with van der Waals surface area (Å²) in [5, 5.41) is 0. The van der Waals surface area contributed by atoms with E-state index in [0.29, 0.717) is 0 Å². The summed E-state index contributed by atoms with van der Waals surface area (Å²) >= 11 is 0. The van der Waals surface area contributed by atoms with E-state index in [1.807, 2.05) is 6.92 Å². The monoisotopic (exact) mass is 179 g/mol. The van der Waals surface area contributed by atoms with Crippen molar-refractivity contribution in [3.63, 3.8) is 0 Å². The Morgan fingerprint density at radius 2 is 1.92 bits per heavy atom. The predicted molar refractivity (Wildman–Crippen MR) is 49.8 cm³/mol. The molecule has 1 aliphatic rings. The number of aryl methyl sites for hydroxylation is 1. The summed E-state index contributed by atoms with van der Waals surface area (Å²) in [6.45, 7) is 5.39. The van der Waals surface area contributed by atoms with Crippen molar-refractivity contribution in [1.29, 1.82) is 0 Å². The molecule has 0 N–H and O–H groups in total. The lowest BCUT2D eigenvalue weighted by Crippen LogP contribution is -2.37. The summed E-state index contributed by atoms with van der Waals surface area (Å²) in [5.41, 5.74) is 0.990. The SMILES string of the molecule is Cc1nccnc1N1CCOCC1. The Hall–Kier alpha value is -1.16. The number of ether oxygens (including phenoxy) is 1. The van der Waals surface area contributed by atoms with Crippen LogP contribution in [0.2, 0.25) is 0 Å². The van der Waals surface area contributed by atoms with Crippen LogP contribution in [0.15, 0.2) is 12.4 Å². The van der Waals surface area contributed by atoms with Crippen molar-refractivity contribution in [2.24, 2.45) is 0 Å². The second-order valence-corrected chi connectivity index (χ2v) is 3.06. The van der Waals surface area contributed by atoms with E-state index in [1.54, 1.807) is 12.4 Å². The average molecular weight is 179 g/mol. The molecule has 13 heavy (non-hydrogen) atoms. The minimum Gasteiger partial charge on any atom is -0.378 e. The molecule has 1 aromatic heterocycles. The molecule has 0 amide bonds. The maximum absolute atomic E-state index is 5.27. The van der Waals surface area contributed by atoms with Gasteiger partial charge in [0.1, 0.15) is 5.82 Å². The lowest BCUT2D eigenvalue weighted by molar-refractivity contribution is 0.122. The van der Waals surface area contributed by atoms with Crippen molar-refractivity contribution >= 4 is 5.82 Å². The highest BCUT2D eigenvalue weighted by molar-refractivity contribution is 5.42. The molecule has 2 heterocycles. The van der Waals surface area contributed by atoms with Gasteiger partial charge in [-0.25, -0.2) is 4.98 Å². The van der Waals surface area contributed by atoms with Crippen molar-refractivity contribution in [3.8, 4) is 0 Å². The molecular weight excluding hydrogens is 166 g/mol. The van der Waals surface area contributed by atoms with Crippen molar-refractivity contribution in [2.75, 3.05) is 31.2 Å². The molecule has 0 aromatic carbocycles. The van der Waals surface area contributed by atoms with Gasteiger partial charge in [-0.1, -0.05) is 0 Å². The molecular formula is C9H13N3O. The molecule has 0 unspecified atom stereocenters. The Labute approximate surface area is 77.6 Å². The quantitative estimate of drug-likeness (QED) is 0.633. The van der Waals surface area contributed by atoms with E-state index in [4.69, 9.17) is 4.74 Å². The Kier molecular flexibility index (Phi) is 2.40. The van der Waals surface area contributed by atoms with Crippen molar-refractivity contribution < 1.29 is 4.74 Å². The van der Waals surface area contributed by atoms with Gasteiger partial charge in [-0.05, 0) is 6.92 Å². The van der Waals surface area contributed by atoms with E-state index in [-0.39, 0.29) is 0 Å². The van der Waals surface area contributed by atoms with Gasteiger partial charge >= 0.3 is 0 Å². The summed E-state index contributed by atoms with van der Waals surface area (Å²) in [7, 11) is 0. The normalized spacial score (nSPS) is 17.5. The number of nitrogens with zero attached hydrogens (tertiary/aromatic N) is 3. The Balaban J connectivity index is 2.18. The molecule has 0 atom stereocenters. The van der Waals surface area contributed by atoms with E-state index in [2.05, 4.69) is 14.9 Å². The van der Waals surface area contributed by atoms with Gasteiger partial charge in [-0.2, -0.15) is 0 Å². The highest BCUT2D eigenvalue weighted by atomic mass is 16.5. The molecule has 0 spiro atoms. The summed E-state index contributed by atoms with van der Waals surface area (Å²) in [6, 6.07) is 0. The van der Waals surface area contributed by atoms with Gasteiger partial charge in [-0.15, -0.1) is 0 Å². The molecule has 1 saturated heterocycles. The second-order valence-electron chi connectivity index (χ2n) is 3.06. The zero-order valence-corrected chi connectivity index (χ0v) is 7.73. The average Bonchev–Trinajstić information content (AvgIpc) is 2.20. The molecule has 4 heteroatoms. The third-order valence-electron chi connectivity index (χ3n) is 2.17. The van der Waals surface area contributed by atoms with Gasteiger partial charge in [0.2, 0.25) is 0 Å². The molecule has 0 aliphatic carbocycles. The molecule has 4 nitrogen and oxygen atoms in total. The van der Waals surface area contributed by atoms with E-state index in [9.17, 15) is 0 Å². The third kappa shape index (κ3) is 1.78. The first-order valence-electron chi connectivity index (χ1n) is 4.48. The Bertz CT molecular complexity index is 284. The number of rotatable bonds is 1. The highest BCUT2D eigenvalue weighted by Crippen LogP contribution is 2.14. The third-order valence-corrected chi connectivity index (χ3v) is 2.17. The van der Waals surface area contributed by atoms with Crippen molar-refractivity contribution in [3.05, 3.63) is 18.1 Å². The fourth-order valence-corrected chi connectivity index (χ4v) is 1.49. The molecule has 1 fully saturated rings. The number of hydrogen-bond donors (Lipinski definition) is 0. The Morgan fingerprint density at radius 1 is 1.23 bits per heavy atom. The van der Waals surface area contributed by atoms with Crippen molar-refractivity contribution in [2.45, 2.75) is 6.92 Å². The fourth-order valence-electron chi connectivity index (χ4n) is 1.49. The largest absolute Gasteiger partial charge is 0.378 e. The van der Waals surface area contributed by atoms with Gasteiger partial charge in [0.25, 0.3) is 0 Å². The molecule has 1 aliphatic heterocycles. The van der Waals surface area contributed by atoms with E-state index < -0.39 is 0 Å². The molecule has 70 valence electrons. The summed E-state index contributed by atoms with van der Waals surface area (Å²) in [4.78, 5) is 10.7. The van der Waals surface area contributed by atoms with Gasteiger partial charge < -0.3 is 9.64 Å². The van der Waals surface area contributed by atoms with E-state index in [1.165, 1.54) is 0 Å². The molecule has 0 saturated carbocycles. The maximum Gasteiger partial charge on any atom is 0.150 e. The van der Waals surface area contributed by atoms with Crippen LogP contribution in [0.1, 0.15) is 5.69 Å². The van der Waals surface area contributed by atoms with Gasteiger partial charge in [0, 0.05) is 25.5 Å². The summed E-state index contributed by atoms with van der Waals surface area (Å²) < 4.78 is 5.27. The van der Waals surface area contributed by atoms with E-state index in [0.717, 1.165) is 37.8 Å². The predicted octanol–water partition coefficient (Wildman–Crippen LogP) is 0.622. The molecule has 2 rings (SSSR count). The fraction of sp³-hybridized carbons (Fsp3) is 0.556. The number of hydrogen-bond acceptors (Lipinski definition) is 4. The zero-order chi connectivity index (χ0) is 9.10. The van der Waals surface area contributed by atoms with Crippen LogP contribution in [0.25, 0.3) is 0 Å². The van der Waals surface area contributed by atoms with Gasteiger partial charge in [0.15, 0.2) is 0 Å². The minimum absolute atomic E-state index is 0.788. The first-order chi connectivity index (χ1) is 6.38. The zero-order valence-electron chi connectivity index (χ0n) is 7.73. The first-order valence-corrected chi connectivity index (χ1v) is 4.48. The van der Waals surface area contributed by atoms with Gasteiger partial charge in [0.05, 0.1) is 18.9 Å². The van der Waals surface area contributed by atoms with Crippen LogP contribution in [-0.2, 0) is 4.74 Å². The first kappa shape index (κ1) is 8.44. The Morgan fingerprint density at radius 3 is 2.62 bits per heavy atom.